The van der Waals surface area contributed by atoms with E-state index in [0.717, 1.165) is 0 Å². The van der Waals surface area contributed by atoms with Crippen LogP contribution in [0.4, 0.5) is 0 Å². The number of morpholine rings is 2. The number of cyclic esters (lactones) is 2. The molecule has 0 spiro atoms. The first kappa shape index (κ1) is 27.6. The van der Waals surface area contributed by atoms with E-state index in [2.05, 4.69) is 0 Å². The maximum Gasteiger partial charge on any atom is 0.338 e. The summed E-state index contributed by atoms with van der Waals surface area (Å²) in [5.41, 5.74) is -2.50. The minimum absolute atomic E-state index is 0.0237. The van der Waals surface area contributed by atoms with Crippen LogP contribution in [0.5, 0.6) is 0 Å². The predicted octanol–water partition coefficient (Wildman–Crippen LogP) is 2.05. The van der Waals surface area contributed by atoms with E-state index in [0.29, 0.717) is 0 Å². The van der Waals surface area contributed by atoms with Crippen LogP contribution < -0.4 is 0 Å². The van der Waals surface area contributed by atoms with Crippen molar-refractivity contribution in [2.24, 2.45) is 0 Å². The van der Waals surface area contributed by atoms with E-state index in [-0.39, 0.29) is 49.5 Å². The fraction of sp³-hybridized carbons (Fsp3) is 0.615. The maximum absolute atomic E-state index is 12.6. The van der Waals surface area contributed by atoms with Crippen LogP contribution in [0.15, 0.2) is 24.3 Å². The zero-order chi connectivity index (χ0) is 27.1. The largest absolute Gasteiger partial charge is 0.462 e. The van der Waals surface area contributed by atoms with E-state index in [1.807, 2.05) is 23.6 Å². The lowest BCUT2D eigenvalue weighted by molar-refractivity contribution is -0.183. The lowest BCUT2D eigenvalue weighted by Crippen LogP contribution is -2.67. The minimum atomic E-state index is -0.845. The van der Waals surface area contributed by atoms with E-state index < -0.39 is 34.1 Å². The van der Waals surface area contributed by atoms with Crippen LogP contribution in [0.2, 0.25) is 0 Å². The molecule has 2 aliphatic heterocycles. The summed E-state index contributed by atoms with van der Waals surface area (Å²) in [5.74, 6) is -1.77. The highest BCUT2D eigenvalue weighted by molar-refractivity contribution is 5.93. The Labute approximate surface area is 211 Å². The second kappa shape index (κ2) is 9.48. The van der Waals surface area contributed by atoms with Crippen LogP contribution in [0, 0.1) is 0 Å². The van der Waals surface area contributed by atoms with Gasteiger partial charge in [0.25, 0.3) is 0 Å². The summed E-state index contributed by atoms with van der Waals surface area (Å²) in [6.45, 7) is 11.0. The van der Waals surface area contributed by atoms with Gasteiger partial charge in [-0.1, -0.05) is 0 Å². The average Bonchev–Trinajstić information content (AvgIpc) is 2.84. The Morgan fingerprint density at radius 3 is 1.33 bits per heavy atom. The molecule has 0 amide bonds. The van der Waals surface area contributed by atoms with Crippen LogP contribution in [0.3, 0.4) is 0 Å². The zero-order valence-corrected chi connectivity index (χ0v) is 22.3. The fourth-order valence-corrected chi connectivity index (χ4v) is 4.24. The molecule has 0 radical (unpaired) electrons. The molecule has 2 fully saturated rings. The Morgan fingerprint density at radius 2 is 1.03 bits per heavy atom. The van der Waals surface area contributed by atoms with Gasteiger partial charge in [-0.2, -0.15) is 0 Å². The first-order valence-electron chi connectivity index (χ1n) is 11.8. The molecule has 36 heavy (non-hydrogen) atoms. The Bertz CT molecular complexity index is 968. The third-order valence-electron chi connectivity index (χ3n) is 7.71. The van der Waals surface area contributed by atoms with Gasteiger partial charge in [-0.05, 0) is 79.9 Å². The van der Waals surface area contributed by atoms with Gasteiger partial charge in [0.2, 0.25) is 0 Å². The highest BCUT2D eigenvalue weighted by Crippen LogP contribution is 2.32. The van der Waals surface area contributed by atoms with Crippen molar-refractivity contribution in [2.45, 2.75) is 63.7 Å². The summed E-state index contributed by atoms with van der Waals surface area (Å²) >= 11 is 0. The molecule has 2 saturated heterocycles. The van der Waals surface area contributed by atoms with Crippen LogP contribution in [-0.2, 0) is 28.5 Å². The number of hydrogen-bond acceptors (Lipinski definition) is 10. The van der Waals surface area contributed by atoms with Gasteiger partial charge in [-0.25, -0.2) is 9.59 Å². The average molecular weight is 505 g/mol. The Balaban J connectivity index is 1.58. The lowest BCUT2D eigenvalue weighted by atomic mass is 9.91. The van der Waals surface area contributed by atoms with E-state index in [9.17, 15) is 19.2 Å². The number of likely N-dealkylation sites (N-methyl/N-ethyl adjacent to an activating group) is 2. The van der Waals surface area contributed by atoms with Gasteiger partial charge in [0.05, 0.1) is 22.2 Å². The number of carbonyl (C=O) groups is 4. The fourth-order valence-electron chi connectivity index (χ4n) is 4.24. The minimum Gasteiger partial charge on any atom is -0.462 e. The quantitative estimate of drug-likeness (QED) is 0.421. The summed E-state index contributed by atoms with van der Waals surface area (Å²) in [6, 6.07) is 5.98. The predicted molar refractivity (Wildman–Crippen MR) is 129 cm³/mol. The van der Waals surface area contributed by atoms with E-state index in [1.54, 1.807) is 41.8 Å². The summed E-state index contributed by atoms with van der Waals surface area (Å²) < 4.78 is 21.6. The molecule has 0 aromatic heterocycles. The monoisotopic (exact) mass is 504 g/mol. The van der Waals surface area contributed by atoms with Crippen LogP contribution in [-0.4, -0.2) is 96.4 Å². The number of benzene rings is 1. The molecule has 1 aromatic rings. The van der Waals surface area contributed by atoms with Crippen molar-refractivity contribution in [3.8, 4) is 0 Å². The molecule has 1 aromatic carbocycles. The van der Waals surface area contributed by atoms with Crippen LogP contribution >= 0.6 is 0 Å². The number of hydrogen-bond donors (Lipinski definition) is 0. The molecule has 0 saturated carbocycles. The van der Waals surface area contributed by atoms with Gasteiger partial charge in [-0.3, -0.25) is 19.4 Å². The standard InChI is InChI=1S/C26H36N2O8/c1-23(2)21(31)35-15-25(5,27(23)7)13-33-19(29)17-9-11-18(12-10-17)20(30)34-14-26(6)16-36-22(32)24(3,4)28(26)8/h9-12H,13-16H2,1-8H3. The summed E-state index contributed by atoms with van der Waals surface area (Å²) in [7, 11) is 3.59. The van der Waals surface area contributed by atoms with Crippen molar-refractivity contribution in [1.29, 1.82) is 0 Å². The van der Waals surface area contributed by atoms with E-state index in [1.165, 1.54) is 24.3 Å². The first-order chi connectivity index (χ1) is 16.5. The van der Waals surface area contributed by atoms with Gasteiger partial charge in [0.1, 0.15) is 37.5 Å². The smallest absolute Gasteiger partial charge is 0.338 e. The maximum atomic E-state index is 12.6. The number of nitrogens with zero attached hydrogens (tertiary/aromatic N) is 2. The van der Waals surface area contributed by atoms with E-state index >= 15 is 0 Å². The normalized spacial score (nSPS) is 28.1. The second-order valence-corrected chi connectivity index (χ2v) is 11.1. The number of carbonyl (C=O) groups excluding carboxylic acids is 4. The summed E-state index contributed by atoms with van der Waals surface area (Å²) in [6.07, 6.45) is 0. The van der Waals surface area contributed by atoms with E-state index in [4.69, 9.17) is 18.9 Å². The molecule has 2 heterocycles. The summed E-state index contributed by atoms with van der Waals surface area (Å²) in [5, 5.41) is 0. The SMILES string of the molecule is CN1C(C)(COC(=O)c2ccc(C(=O)OCC3(C)COC(=O)C(C)(C)N3C)cc2)COC(=O)C1(C)C. The van der Waals surface area contributed by atoms with Crippen molar-refractivity contribution in [3.63, 3.8) is 0 Å². The number of esters is 4. The van der Waals surface area contributed by atoms with Gasteiger partial charge >= 0.3 is 23.9 Å². The van der Waals surface area contributed by atoms with Crippen molar-refractivity contribution < 1.29 is 38.1 Å². The van der Waals surface area contributed by atoms with Crippen molar-refractivity contribution in [2.75, 3.05) is 40.5 Å². The van der Waals surface area contributed by atoms with Gasteiger partial charge in [-0.15, -0.1) is 0 Å². The molecule has 0 bridgehead atoms. The third kappa shape index (κ3) is 4.97. The van der Waals surface area contributed by atoms with Crippen molar-refractivity contribution in [1.82, 2.24) is 9.80 Å². The molecule has 2 atom stereocenters. The molecule has 10 nitrogen and oxygen atoms in total. The second-order valence-electron chi connectivity index (χ2n) is 11.1. The number of ether oxygens (including phenoxy) is 4. The Kier molecular flexibility index (Phi) is 7.27. The third-order valence-corrected chi connectivity index (χ3v) is 7.71. The molecule has 0 aliphatic carbocycles. The summed E-state index contributed by atoms with van der Waals surface area (Å²) in [4.78, 5) is 53.0. The zero-order valence-electron chi connectivity index (χ0n) is 22.3. The van der Waals surface area contributed by atoms with Crippen LogP contribution in [0.25, 0.3) is 0 Å². The van der Waals surface area contributed by atoms with Crippen molar-refractivity contribution in [3.05, 3.63) is 35.4 Å². The molecular weight excluding hydrogens is 468 g/mol. The molecule has 10 heteroatoms. The number of rotatable bonds is 6. The first-order valence-corrected chi connectivity index (χ1v) is 11.8. The highest BCUT2D eigenvalue weighted by Gasteiger charge is 2.50. The van der Waals surface area contributed by atoms with Gasteiger partial charge < -0.3 is 18.9 Å². The Morgan fingerprint density at radius 1 is 0.722 bits per heavy atom. The molecule has 3 rings (SSSR count). The van der Waals surface area contributed by atoms with Crippen molar-refractivity contribution >= 4 is 23.9 Å². The van der Waals surface area contributed by atoms with Gasteiger partial charge in [0.15, 0.2) is 0 Å². The van der Waals surface area contributed by atoms with Gasteiger partial charge in [0, 0.05) is 0 Å². The lowest BCUT2D eigenvalue weighted by Gasteiger charge is -2.49. The Hall–Kier alpha value is -2.98. The molecule has 2 aliphatic rings. The van der Waals surface area contributed by atoms with Crippen LogP contribution in [0.1, 0.15) is 62.3 Å². The molecule has 198 valence electrons. The molecule has 2 unspecified atom stereocenters. The topological polar surface area (TPSA) is 112 Å². The molecule has 0 N–H and O–H groups in total. The molecular formula is C26H36N2O8. The highest BCUT2D eigenvalue weighted by atomic mass is 16.6.